The van der Waals surface area contributed by atoms with Gasteiger partial charge in [-0.2, -0.15) is 0 Å². The first-order chi connectivity index (χ1) is 11.1. The van der Waals surface area contributed by atoms with Gasteiger partial charge in [-0.05, 0) is 36.3 Å². The van der Waals surface area contributed by atoms with Crippen LogP contribution in [0.5, 0.6) is 0 Å². The molecule has 0 saturated heterocycles. The van der Waals surface area contributed by atoms with Crippen molar-refractivity contribution in [1.82, 2.24) is 10.6 Å². The second-order valence-electron chi connectivity index (χ2n) is 6.85. The standard InChI is InChI=1S/C18H25N3O2/c1-2-7-18(8-9-18)12-20-17(23)19-11-13-10-16(22)21-15-6-4-3-5-14(13)15/h3-6,13H,2,7-12H2,1H3,(H,21,22)(H2,19,20,23)/t13-/m1/s1. The molecule has 1 aliphatic carbocycles. The summed E-state index contributed by atoms with van der Waals surface area (Å²) < 4.78 is 0. The lowest BCUT2D eigenvalue weighted by atomic mass is 9.90. The van der Waals surface area contributed by atoms with Crippen LogP contribution >= 0.6 is 0 Å². The molecule has 3 N–H and O–H groups in total. The third kappa shape index (κ3) is 3.84. The maximum Gasteiger partial charge on any atom is 0.314 e. The van der Waals surface area contributed by atoms with Crippen LogP contribution < -0.4 is 16.0 Å². The molecule has 0 spiro atoms. The van der Waals surface area contributed by atoms with Crippen LogP contribution in [0.25, 0.3) is 0 Å². The summed E-state index contributed by atoms with van der Waals surface area (Å²) in [5, 5.41) is 8.80. The van der Waals surface area contributed by atoms with Crippen LogP contribution in [-0.4, -0.2) is 25.0 Å². The molecule has 1 fully saturated rings. The Morgan fingerprint density at radius 1 is 1.30 bits per heavy atom. The van der Waals surface area contributed by atoms with Crippen LogP contribution in [0.1, 0.15) is 50.5 Å². The smallest absolute Gasteiger partial charge is 0.314 e. The second kappa shape index (κ2) is 6.60. The zero-order valence-electron chi connectivity index (χ0n) is 13.7. The molecule has 0 radical (unpaired) electrons. The predicted molar refractivity (Wildman–Crippen MR) is 90.4 cm³/mol. The van der Waals surface area contributed by atoms with Gasteiger partial charge in [0.05, 0.1) is 0 Å². The quantitative estimate of drug-likeness (QED) is 0.755. The van der Waals surface area contributed by atoms with Crippen molar-refractivity contribution in [3.8, 4) is 0 Å². The fraction of sp³-hybridized carbons (Fsp3) is 0.556. The highest BCUT2D eigenvalue weighted by Gasteiger charge is 2.41. The fourth-order valence-electron chi connectivity index (χ4n) is 3.45. The Hall–Kier alpha value is -2.04. The Morgan fingerprint density at radius 2 is 2.09 bits per heavy atom. The summed E-state index contributed by atoms with van der Waals surface area (Å²) in [7, 11) is 0. The maximum atomic E-state index is 12.0. The van der Waals surface area contributed by atoms with Crippen molar-refractivity contribution in [2.24, 2.45) is 5.41 Å². The van der Waals surface area contributed by atoms with Gasteiger partial charge >= 0.3 is 6.03 Å². The van der Waals surface area contributed by atoms with Crippen LogP contribution in [0.3, 0.4) is 0 Å². The fourth-order valence-corrected chi connectivity index (χ4v) is 3.45. The number of fused-ring (bicyclic) bond motifs is 1. The molecule has 124 valence electrons. The van der Waals surface area contributed by atoms with Crippen molar-refractivity contribution < 1.29 is 9.59 Å². The first-order valence-corrected chi connectivity index (χ1v) is 8.52. The number of carbonyl (C=O) groups excluding carboxylic acids is 2. The third-order valence-electron chi connectivity index (χ3n) is 4.98. The molecule has 0 bridgehead atoms. The molecular weight excluding hydrogens is 290 g/mol. The van der Waals surface area contributed by atoms with E-state index in [-0.39, 0.29) is 17.9 Å². The number of hydrogen-bond acceptors (Lipinski definition) is 2. The number of benzene rings is 1. The van der Waals surface area contributed by atoms with Crippen LogP contribution in [-0.2, 0) is 4.79 Å². The summed E-state index contributed by atoms with van der Waals surface area (Å²) >= 11 is 0. The summed E-state index contributed by atoms with van der Waals surface area (Å²) in [6.07, 6.45) is 5.20. The van der Waals surface area contributed by atoms with Gasteiger partial charge in [0, 0.05) is 31.1 Å². The van der Waals surface area contributed by atoms with Crippen LogP contribution in [0.4, 0.5) is 10.5 Å². The van der Waals surface area contributed by atoms with Crippen LogP contribution in [0, 0.1) is 5.41 Å². The zero-order chi connectivity index (χ0) is 16.3. The van der Waals surface area contributed by atoms with Crippen LogP contribution in [0.2, 0.25) is 0 Å². The van der Waals surface area contributed by atoms with Gasteiger partial charge < -0.3 is 16.0 Å². The third-order valence-corrected chi connectivity index (χ3v) is 4.98. The van der Waals surface area contributed by atoms with E-state index in [2.05, 4.69) is 22.9 Å². The van der Waals surface area contributed by atoms with E-state index in [1.165, 1.54) is 19.3 Å². The maximum absolute atomic E-state index is 12.0. The molecule has 1 aromatic rings. The Kier molecular flexibility index (Phi) is 4.55. The molecule has 0 aromatic heterocycles. The summed E-state index contributed by atoms with van der Waals surface area (Å²) in [5.74, 6) is 0.0482. The molecule has 3 rings (SSSR count). The van der Waals surface area contributed by atoms with E-state index in [1.54, 1.807) is 0 Å². The monoisotopic (exact) mass is 315 g/mol. The first kappa shape index (κ1) is 15.8. The number of amides is 3. The minimum absolute atomic E-state index is 0.00999. The van der Waals surface area contributed by atoms with E-state index < -0.39 is 0 Å². The van der Waals surface area contributed by atoms with E-state index in [0.29, 0.717) is 18.4 Å². The number of anilines is 1. The molecule has 1 atom stereocenters. The second-order valence-corrected chi connectivity index (χ2v) is 6.85. The number of nitrogens with one attached hydrogen (secondary N) is 3. The largest absolute Gasteiger partial charge is 0.338 e. The molecule has 5 heteroatoms. The predicted octanol–water partition coefficient (Wildman–Crippen LogP) is 2.99. The number of rotatable bonds is 6. The highest BCUT2D eigenvalue weighted by Crippen LogP contribution is 2.48. The molecule has 5 nitrogen and oxygen atoms in total. The highest BCUT2D eigenvalue weighted by molar-refractivity contribution is 5.94. The normalized spacial score (nSPS) is 21.1. The Bertz CT molecular complexity index is 596. The van der Waals surface area contributed by atoms with E-state index >= 15 is 0 Å². The van der Waals surface area contributed by atoms with Gasteiger partial charge in [-0.15, -0.1) is 0 Å². The van der Waals surface area contributed by atoms with Gasteiger partial charge in [0.1, 0.15) is 0 Å². The van der Waals surface area contributed by atoms with Gasteiger partial charge in [0.15, 0.2) is 0 Å². The van der Waals surface area contributed by atoms with Gasteiger partial charge in [-0.25, -0.2) is 4.79 Å². The Morgan fingerprint density at radius 3 is 2.83 bits per heavy atom. The highest BCUT2D eigenvalue weighted by atomic mass is 16.2. The van der Waals surface area contributed by atoms with E-state index in [1.807, 2.05) is 24.3 Å². The molecule has 1 aromatic carbocycles. The van der Waals surface area contributed by atoms with Gasteiger partial charge in [0.2, 0.25) is 5.91 Å². The molecule has 0 unspecified atom stereocenters. The average Bonchev–Trinajstić information content (AvgIpc) is 3.31. The van der Waals surface area contributed by atoms with Crippen molar-refractivity contribution in [1.29, 1.82) is 0 Å². The number of urea groups is 1. The van der Waals surface area contributed by atoms with Gasteiger partial charge in [0.25, 0.3) is 0 Å². The lowest BCUT2D eigenvalue weighted by molar-refractivity contribution is -0.116. The first-order valence-electron chi connectivity index (χ1n) is 8.52. The Balaban J connectivity index is 1.50. The molecule has 23 heavy (non-hydrogen) atoms. The van der Waals surface area contributed by atoms with Crippen molar-refractivity contribution in [2.45, 2.75) is 44.9 Å². The summed E-state index contributed by atoms with van der Waals surface area (Å²) in [6, 6.07) is 7.66. The zero-order valence-corrected chi connectivity index (χ0v) is 13.7. The summed E-state index contributed by atoms with van der Waals surface area (Å²) in [6.45, 7) is 3.43. The molecule has 1 heterocycles. The van der Waals surface area contributed by atoms with Crippen molar-refractivity contribution in [2.75, 3.05) is 18.4 Å². The van der Waals surface area contributed by atoms with E-state index in [0.717, 1.165) is 24.2 Å². The lowest BCUT2D eigenvalue weighted by Crippen LogP contribution is -2.41. The SMILES string of the molecule is CCCC1(CNC(=O)NC[C@H]2CC(=O)Nc3ccccc32)CC1. The molecule has 1 saturated carbocycles. The Labute approximate surface area is 137 Å². The number of para-hydroxylation sites is 1. The van der Waals surface area contributed by atoms with Crippen molar-refractivity contribution in [3.05, 3.63) is 29.8 Å². The topological polar surface area (TPSA) is 70.2 Å². The molecular formula is C18H25N3O2. The van der Waals surface area contributed by atoms with Crippen molar-refractivity contribution >= 4 is 17.6 Å². The lowest BCUT2D eigenvalue weighted by Gasteiger charge is -2.26. The minimum atomic E-state index is -0.129. The minimum Gasteiger partial charge on any atom is -0.338 e. The van der Waals surface area contributed by atoms with Gasteiger partial charge in [-0.1, -0.05) is 31.5 Å². The van der Waals surface area contributed by atoms with E-state index in [9.17, 15) is 9.59 Å². The average molecular weight is 315 g/mol. The summed E-state index contributed by atoms with van der Waals surface area (Å²) in [5.41, 5.74) is 2.30. The number of hydrogen-bond donors (Lipinski definition) is 3. The molecule has 1 aliphatic heterocycles. The number of carbonyl (C=O) groups is 2. The molecule has 3 amide bonds. The van der Waals surface area contributed by atoms with Crippen LogP contribution in [0.15, 0.2) is 24.3 Å². The van der Waals surface area contributed by atoms with Crippen molar-refractivity contribution in [3.63, 3.8) is 0 Å². The van der Waals surface area contributed by atoms with E-state index in [4.69, 9.17) is 0 Å². The molecule has 2 aliphatic rings. The van der Waals surface area contributed by atoms with Gasteiger partial charge in [-0.3, -0.25) is 4.79 Å². The summed E-state index contributed by atoms with van der Waals surface area (Å²) in [4.78, 5) is 23.8.